The molecule has 1 aliphatic carbocycles. The number of pyridine rings is 1. The summed E-state index contributed by atoms with van der Waals surface area (Å²) in [5.41, 5.74) is -0.698. The molecule has 2 bridgehead atoms. The van der Waals surface area contributed by atoms with Crippen LogP contribution in [0.3, 0.4) is 0 Å². The lowest BCUT2D eigenvalue weighted by Crippen LogP contribution is -2.53. The molecule has 3 aromatic rings. The summed E-state index contributed by atoms with van der Waals surface area (Å²) >= 11 is 0. The molecule has 3 aliphatic rings. The van der Waals surface area contributed by atoms with Crippen molar-refractivity contribution in [2.75, 3.05) is 14.1 Å². The van der Waals surface area contributed by atoms with E-state index in [0.29, 0.717) is 32.2 Å². The fraction of sp³-hybridized carbons (Fsp3) is 0.417. The molecule has 2 aliphatic heterocycles. The lowest BCUT2D eigenvalue weighted by atomic mass is 9.77. The van der Waals surface area contributed by atoms with E-state index in [9.17, 15) is 24.3 Å². The van der Waals surface area contributed by atoms with E-state index in [-0.39, 0.29) is 18.3 Å². The molecule has 0 saturated heterocycles. The van der Waals surface area contributed by atoms with Crippen molar-refractivity contribution in [3.05, 3.63) is 58.2 Å². The standard InChI is InChI=1S/C24H27N7O5/c1-29(2)22(36)20(34)28-24-7-5-14(6-8-24)13-31-21(35)18(32)17(27-23(24)31)19(33)26-11-15-3-4-16-25-9-10-30(16)12-15/h3-4,9-10,12,14,32H,5-8,11,13H2,1-2H3,(H,26,33)(H,28,34). The predicted molar refractivity (Wildman–Crippen MR) is 127 cm³/mol. The number of aromatic nitrogens is 4. The molecule has 0 unspecified atom stereocenters. The van der Waals surface area contributed by atoms with E-state index in [1.807, 2.05) is 22.7 Å². The first kappa shape index (κ1) is 23.5. The number of nitrogens with one attached hydrogen (secondary N) is 2. The van der Waals surface area contributed by atoms with Gasteiger partial charge in [-0.05, 0) is 43.2 Å². The second-order valence-corrected chi connectivity index (χ2v) is 9.64. The van der Waals surface area contributed by atoms with Crippen LogP contribution in [0.5, 0.6) is 5.75 Å². The zero-order valence-corrected chi connectivity index (χ0v) is 20.0. The minimum absolute atomic E-state index is 0.133. The van der Waals surface area contributed by atoms with E-state index in [4.69, 9.17) is 0 Å². The Labute approximate surface area is 206 Å². The van der Waals surface area contributed by atoms with Gasteiger partial charge in [0, 0.05) is 45.8 Å². The molecule has 0 spiro atoms. The zero-order chi connectivity index (χ0) is 25.6. The van der Waals surface area contributed by atoms with Crippen molar-refractivity contribution in [2.45, 2.75) is 44.3 Å². The van der Waals surface area contributed by atoms with Gasteiger partial charge in [-0.2, -0.15) is 0 Å². The summed E-state index contributed by atoms with van der Waals surface area (Å²) in [6, 6.07) is 3.62. The molecule has 3 N–H and O–H groups in total. The number of carbonyl (C=O) groups excluding carboxylic acids is 3. The van der Waals surface area contributed by atoms with Crippen LogP contribution in [0.1, 0.15) is 47.6 Å². The molecule has 12 nitrogen and oxygen atoms in total. The molecule has 0 aromatic carbocycles. The molecular formula is C24H27N7O5. The third kappa shape index (κ3) is 3.97. The number of carbonyl (C=O) groups is 3. The van der Waals surface area contributed by atoms with Crippen molar-refractivity contribution in [1.82, 2.24) is 34.5 Å². The molecular weight excluding hydrogens is 466 g/mol. The molecule has 1 fully saturated rings. The summed E-state index contributed by atoms with van der Waals surface area (Å²) in [5.74, 6) is -2.64. The number of fused-ring (bicyclic) bond motifs is 3. The first-order valence-electron chi connectivity index (χ1n) is 11.8. The summed E-state index contributed by atoms with van der Waals surface area (Å²) in [7, 11) is 2.95. The minimum Gasteiger partial charge on any atom is -0.501 e. The van der Waals surface area contributed by atoms with Gasteiger partial charge in [-0.3, -0.25) is 23.7 Å². The second kappa shape index (κ2) is 8.77. The Morgan fingerprint density at radius 2 is 1.97 bits per heavy atom. The Morgan fingerprint density at radius 3 is 2.69 bits per heavy atom. The fourth-order valence-electron chi connectivity index (χ4n) is 5.06. The van der Waals surface area contributed by atoms with E-state index in [1.54, 1.807) is 12.4 Å². The molecule has 1 saturated carbocycles. The summed E-state index contributed by atoms with van der Waals surface area (Å²) < 4.78 is 3.15. The van der Waals surface area contributed by atoms with Gasteiger partial charge in [0.15, 0.2) is 5.69 Å². The van der Waals surface area contributed by atoms with Gasteiger partial charge in [-0.1, -0.05) is 6.07 Å². The lowest BCUT2D eigenvalue weighted by molar-refractivity contribution is -0.145. The Morgan fingerprint density at radius 1 is 1.22 bits per heavy atom. The number of aromatic hydroxyl groups is 1. The van der Waals surface area contributed by atoms with E-state index < -0.39 is 40.3 Å². The number of nitrogens with zero attached hydrogens (tertiary/aromatic N) is 5. The highest BCUT2D eigenvalue weighted by atomic mass is 16.3. The van der Waals surface area contributed by atoms with E-state index in [1.165, 1.54) is 23.6 Å². The van der Waals surface area contributed by atoms with Crippen LogP contribution in [0.15, 0.2) is 35.5 Å². The molecule has 6 rings (SSSR count). The average molecular weight is 494 g/mol. The summed E-state index contributed by atoms with van der Waals surface area (Å²) in [6.07, 6.45) is 7.60. The lowest BCUT2D eigenvalue weighted by Gasteiger charge is -2.37. The number of rotatable bonds is 4. The summed E-state index contributed by atoms with van der Waals surface area (Å²) in [6.45, 7) is 0.453. The van der Waals surface area contributed by atoms with Gasteiger partial charge in [0.05, 0.1) is 5.54 Å². The highest BCUT2D eigenvalue weighted by Crippen LogP contribution is 2.42. The maximum atomic E-state index is 13.2. The first-order valence-corrected chi connectivity index (χ1v) is 11.8. The van der Waals surface area contributed by atoms with Crippen LogP contribution >= 0.6 is 0 Å². The van der Waals surface area contributed by atoms with Gasteiger partial charge in [0.25, 0.3) is 11.5 Å². The quantitative estimate of drug-likeness (QED) is 0.437. The van der Waals surface area contributed by atoms with Crippen molar-refractivity contribution < 1.29 is 19.5 Å². The van der Waals surface area contributed by atoms with Crippen LogP contribution in [0.2, 0.25) is 0 Å². The number of imidazole rings is 1. The SMILES string of the molecule is CN(C)C(=O)C(=O)NC12CCC(CC1)Cn1c2nc(C(=O)NCc2ccc3nccn3c2)c(O)c1=O. The molecule has 12 heteroatoms. The second-order valence-electron chi connectivity index (χ2n) is 9.64. The van der Waals surface area contributed by atoms with Gasteiger partial charge < -0.3 is 25.0 Å². The topological polar surface area (TPSA) is 151 Å². The Bertz CT molecular complexity index is 1430. The van der Waals surface area contributed by atoms with Crippen molar-refractivity contribution in [1.29, 1.82) is 0 Å². The monoisotopic (exact) mass is 493 g/mol. The smallest absolute Gasteiger partial charge is 0.311 e. The van der Waals surface area contributed by atoms with Crippen LogP contribution in [0.25, 0.3) is 5.65 Å². The molecule has 5 heterocycles. The van der Waals surface area contributed by atoms with Gasteiger partial charge >= 0.3 is 11.8 Å². The Balaban J connectivity index is 1.48. The number of hydrogen-bond acceptors (Lipinski definition) is 7. The van der Waals surface area contributed by atoms with Crippen LogP contribution in [-0.2, 0) is 28.2 Å². The minimum atomic E-state index is -1.09. The van der Waals surface area contributed by atoms with Crippen LogP contribution in [-0.4, -0.2) is 60.8 Å². The summed E-state index contributed by atoms with van der Waals surface area (Å²) in [4.78, 5) is 61.0. The molecule has 3 amide bonds. The third-order valence-electron chi connectivity index (χ3n) is 7.04. The first-order chi connectivity index (χ1) is 17.2. The molecule has 0 atom stereocenters. The maximum Gasteiger partial charge on any atom is 0.311 e. The number of likely N-dealkylation sites (N-methyl/N-ethyl adjacent to an activating group) is 1. The third-order valence-corrected chi connectivity index (χ3v) is 7.04. The van der Waals surface area contributed by atoms with E-state index in [0.717, 1.165) is 11.2 Å². The van der Waals surface area contributed by atoms with E-state index in [2.05, 4.69) is 20.6 Å². The van der Waals surface area contributed by atoms with Crippen LogP contribution in [0, 0.1) is 5.92 Å². The molecule has 3 aromatic heterocycles. The van der Waals surface area contributed by atoms with Crippen molar-refractivity contribution >= 4 is 23.4 Å². The predicted octanol–water partition coefficient (Wildman–Crippen LogP) is 0.130. The van der Waals surface area contributed by atoms with Crippen molar-refractivity contribution in [3.63, 3.8) is 0 Å². The summed E-state index contributed by atoms with van der Waals surface area (Å²) in [5, 5.41) is 16.1. The highest BCUT2D eigenvalue weighted by Gasteiger charge is 2.46. The van der Waals surface area contributed by atoms with Crippen LogP contribution in [0.4, 0.5) is 0 Å². The largest absolute Gasteiger partial charge is 0.501 e. The van der Waals surface area contributed by atoms with Crippen LogP contribution < -0.4 is 16.2 Å². The van der Waals surface area contributed by atoms with Crippen molar-refractivity contribution in [2.24, 2.45) is 5.92 Å². The van der Waals surface area contributed by atoms with Gasteiger partial charge in [-0.15, -0.1) is 0 Å². The van der Waals surface area contributed by atoms with Crippen molar-refractivity contribution in [3.8, 4) is 5.75 Å². The number of amides is 3. The molecule has 188 valence electrons. The van der Waals surface area contributed by atoms with E-state index >= 15 is 0 Å². The molecule has 36 heavy (non-hydrogen) atoms. The average Bonchev–Trinajstić information content (AvgIpc) is 3.22. The number of hydrogen-bond donors (Lipinski definition) is 3. The maximum absolute atomic E-state index is 13.2. The van der Waals surface area contributed by atoms with Gasteiger partial charge in [0.2, 0.25) is 5.75 Å². The normalized spacial score (nSPS) is 20.4. The Hall–Kier alpha value is -4.22. The highest BCUT2D eigenvalue weighted by molar-refractivity contribution is 6.35. The van der Waals surface area contributed by atoms with Gasteiger partial charge in [-0.25, -0.2) is 9.97 Å². The van der Waals surface area contributed by atoms with Gasteiger partial charge in [0.1, 0.15) is 11.5 Å². The Kier molecular flexibility index (Phi) is 5.73. The molecule has 0 radical (unpaired) electrons. The zero-order valence-electron chi connectivity index (χ0n) is 20.0. The fourth-order valence-corrected chi connectivity index (χ4v) is 5.06.